The molecule has 0 bridgehead atoms. The van der Waals surface area contributed by atoms with Gasteiger partial charge in [0.05, 0.1) is 6.54 Å². The predicted octanol–water partition coefficient (Wildman–Crippen LogP) is 2.64. The summed E-state index contributed by atoms with van der Waals surface area (Å²) in [6, 6.07) is 12.1. The molecule has 5 rings (SSSR count). The van der Waals surface area contributed by atoms with Crippen LogP contribution in [0.3, 0.4) is 0 Å². The van der Waals surface area contributed by atoms with Crippen molar-refractivity contribution in [3.63, 3.8) is 0 Å². The van der Waals surface area contributed by atoms with E-state index in [1.165, 1.54) is 5.56 Å². The van der Waals surface area contributed by atoms with Gasteiger partial charge < -0.3 is 24.3 Å². The fourth-order valence-electron chi connectivity index (χ4n) is 4.15. The van der Waals surface area contributed by atoms with Crippen LogP contribution >= 0.6 is 0 Å². The Morgan fingerprint density at radius 1 is 0.966 bits per heavy atom. The summed E-state index contributed by atoms with van der Waals surface area (Å²) in [7, 11) is 0. The summed E-state index contributed by atoms with van der Waals surface area (Å²) in [6.07, 6.45) is 2.11. The zero-order chi connectivity index (χ0) is 19.6. The van der Waals surface area contributed by atoms with E-state index in [1.54, 1.807) is 0 Å². The lowest BCUT2D eigenvalue weighted by Gasteiger charge is -2.26. The molecule has 0 radical (unpaired) electrons. The number of hydrogen-bond acceptors (Lipinski definition) is 6. The molecule has 7 heteroatoms. The zero-order valence-corrected chi connectivity index (χ0v) is 16.2. The molecule has 0 aliphatic carbocycles. The van der Waals surface area contributed by atoms with E-state index >= 15 is 0 Å². The molecule has 0 aromatic heterocycles. The Balaban J connectivity index is 1.20. The number of amides is 1. The molecule has 3 heterocycles. The van der Waals surface area contributed by atoms with Crippen LogP contribution in [0, 0.1) is 0 Å². The number of hydrogen-bond donors (Lipinski definition) is 1. The minimum atomic E-state index is 0.0205. The molecule has 3 aliphatic heterocycles. The van der Waals surface area contributed by atoms with Crippen molar-refractivity contribution >= 4 is 5.91 Å². The summed E-state index contributed by atoms with van der Waals surface area (Å²) in [6.45, 7) is 3.18. The van der Waals surface area contributed by atoms with Crippen molar-refractivity contribution in [1.82, 2.24) is 10.2 Å². The number of rotatable bonds is 5. The molecule has 3 aliphatic rings. The molecule has 1 atom stereocenters. The van der Waals surface area contributed by atoms with Crippen LogP contribution < -0.4 is 24.3 Å². The maximum atomic E-state index is 12.6. The van der Waals surface area contributed by atoms with E-state index in [4.69, 9.17) is 18.9 Å². The van der Waals surface area contributed by atoms with Crippen molar-refractivity contribution < 1.29 is 23.7 Å². The minimum absolute atomic E-state index is 0.0205. The van der Waals surface area contributed by atoms with E-state index in [-0.39, 0.29) is 18.7 Å². The van der Waals surface area contributed by atoms with E-state index in [0.29, 0.717) is 26.3 Å². The third-order valence-electron chi connectivity index (χ3n) is 5.59. The van der Waals surface area contributed by atoms with Gasteiger partial charge in [0.2, 0.25) is 12.7 Å². The van der Waals surface area contributed by atoms with Gasteiger partial charge in [0.25, 0.3) is 0 Å². The van der Waals surface area contributed by atoms with Crippen LogP contribution in [0.25, 0.3) is 0 Å². The molecule has 7 nitrogen and oxygen atoms in total. The van der Waals surface area contributed by atoms with E-state index in [0.717, 1.165) is 47.9 Å². The third-order valence-corrected chi connectivity index (χ3v) is 5.59. The smallest absolute Gasteiger partial charge is 0.234 e. The number of carbonyl (C=O) groups is 1. The molecular weight excluding hydrogens is 372 g/mol. The quantitative estimate of drug-likeness (QED) is 0.838. The van der Waals surface area contributed by atoms with E-state index in [9.17, 15) is 4.79 Å². The Morgan fingerprint density at radius 2 is 1.72 bits per heavy atom. The fraction of sp³-hybridized carbons (Fsp3) is 0.409. The van der Waals surface area contributed by atoms with Crippen LogP contribution in [0.4, 0.5) is 0 Å². The Hall–Kier alpha value is -2.93. The summed E-state index contributed by atoms with van der Waals surface area (Å²) in [5, 5.41) is 3.02. The Morgan fingerprint density at radius 3 is 2.66 bits per heavy atom. The highest BCUT2D eigenvalue weighted by Gasteiger charge is 2.28. The third kappa shape index (κ3) is 3.82. The topological polar surface area (TPSA) is 69.3 Å². The van der Waals surface area contributed by atoms with Crippen molar-refractivity contribution in [2.24, 2.45) is 0 Å². The van der Waals surface area contributed by atoms with Crippen LogP contribution in [-0.2, 0) is 11.3 Å². The fourth-order valence-corrected chi connectivity index (χ4v) is 4.15. The largest absolute Gasteiger partial charge is 0.486 e. The van der Waals surface area contributed by atoms with Gasteiger partial charge in [-0.15, -0.1) is 0 Å². The number of nitrogens with one attached hydrogen (secondary N) is 1. The number of nitrogens with zero attached hydrogens (tertiary/aromatic N) is 1. The highest BCUT2D eigenvalue weighted by molar-refractivity contribution is 5.78. The maximum Gasteiger partial charge on any atom is 0.234 e. The first-order valence-corrected chi connectivity index (χ1v) is 10.0. The summed E-state index contributed by atoms with van der Waals surface area (Å²) in [5.41, 5.74) is 2.17. The Bertz CT molecular complexity index is 916. The van der Waals surface area contributed by atoms with Gasteiger partial charge in [-0.25, -0.2) is 0 Å². The van der Waals surface area contributed by atoms with Crippen molar-refractivity contribution in [1.29, 1.82) is 0 Å². The lowest BCUT2D eigenvalue weighted by molar-refractivity contribution is -0.122. The first-order chi connectivity index (χ1) is 14.3. The van der Waals surface area contributed by atoms with Gasteiger partial charge in [0.15, 0.2) is 23.0 Å². The average molecular weight is 396 g/mol. The number of ether oxygens (including phenoxy) is 4. The van der Waals surface area contributed by atoms with Crippen molar-refractivity contribution in [3.8, 4) is 23.0 Å². The molecule has 152 valence electrons. The Labute approximate surface area is 169 Å². The predicted molar refractivity (Wildman–Crippen MR) is 105 cm³/mol. The van der Waals surface area contributed by atoms with Gasteiger partial charge >= 0.3 is 0 Å². The van der Waals surface area contributed by atoms with E-state index < -0.39 is 0 Å². The van der Waals surface area contributed by atoms with Crippen LogP contribution in [0.15, 0.2) is 36.4 Å². The van der Waals surface area contributed by atoms with Gasteiger partial charge in [-0.3, -0.25) is 9.69 Å². The van der Waals surface area contributed by atoms with Gasteiger partial charge in [-0.1, -0.05) is 12.1 Å². The van der Waals surface area contributed by atoms with Gasteiger partial charge in [0, 0.05) is 12.6 Å². The average Bonchev–Trinajstić information content (AvgIpc) is 3.41. The van der Waals surface area contributed by atoms with Crippen molar-refractivity contribution in [2.45, 2.75) is 25.4 Å². The normalized spacial score (nSPS) is 19.9. The molecule has 0 unspecified atom stereocenters. The highest BCUT2D eigenvalue weighted by atomic mass is 16.7. The highest BCUT2D eigenvalue weighted by Crippen LogP contribution is 2.38. The number of benzene rings is 2. The second kappa shape index (κ2) is 7.83. The summed E-state index contributed by atoms with van der Waals surface area (Å²) < 4.78 is 22.0. The molecular formula is C22H24N2O5. The summed E-state index contributed by atoms with van der Waals surface area (Å²) >= 11 is 0. The van der Waals surface area contributed by atoms with E-state index in [2.05, 4.69) is 22.3 Å². The Kier molecular flexibility index (Phi) is 4.89. The number of fused-ring (bicyclic) bond motifs is 2. The first kappa shape index (κ1) is 18.1. The first-order valence-electron chi connectivity index (χ1n) is 10.0. The van der Waals surface area contributed by atoms with Crippen LogP contribution in [0.2, 0.25) is 0 Å². The molecule has 0 saturated carbocycles. The molecule has 1 fully saturated rings. The van der Waals surface area contributed by atoms with Gasteiger partial charge in [-0.2, -0.15) is 0 Å². The van der Waals surface area contributed by atoms with Crippen LogP contribution in [0.1, 0.15) is 30.0 Å². The monoisotopic (exact) mass is 396 g/mol. The standard InChI is InChI=1S/C22H24N2O5/c25-22(23-12-15-3-5-19-20(10-15)29-14-28-19)13-24-7-1-2-17(24)16-4-6-18-21(11-16)27-9-8-26-18/h3-6,10-11,17H,1-2,7-9,12-14H2,(H,23,25)/t17-/m1/s1. The van der Waals surface area contributed by atoms with Crippen LogP contribution in [0.5, 0.6) is 23.0 Å². The molecule has 29 heavy (non-hydrogen) atoms. The number of likely N-dealkylation sites (tertiary alicyclic amines) is 1. The molecule has 1 N–H and O–H groups in total. The second-order valence-corrected chi connectivity index (χ2v) is 7.50. The minimum Gasteiger partial charge on any atom is -0.486 e. The second-order valence-electron chi connectivity index (χ2n) is 7.50. The summed E-state index contributed by atoms with van der Waals surface area (Å²) in [5.74, 6) is 3.10. The summed E-state index contributed by atoms with van der Waals surface area (Å²) in [4.78, 5) is 14.8. The lowest BCUT2D eigenvalue weighted by atomic mass is 10.0. The van der Waals surface area contributed by atoms with Crippen LogP contribution in [-0.4, -0.2) is 43.9 Å². The number of carbonyl (C=O) groups excluding carboxylic acids is 1. The van der Waals surface area contributed by atoms with Gasteiger partial charge in [0.1, 0.15) is 13.2 Å². The molecule has 2 aromatic rings. The van der Waals surface area contributed by atoms with E-state index in [1.807, 2.05) is 24.3 Å². The maximum absolute atomic E-state index is 12.6. The molecule has 2 aromatic carbocycles. The molecule has 0 spiro atoms. The molecule has 1 saturated heterocycles. The van der Waals surface area contributed by atoms with Crippen molar-refractivity contribution in [2.75, 3.05) is 33.1 Å². The van der Waals surface area contributed by atoms with Crippen molar-refractivity contribution in [3.05, 3.63) is 47.5 Å². The molecule has 1 amide bonds. The zero-order valence-electron chi connectivity index (χ0n) is 16.2. The lowest BCUT2D eigenvalue weighted by Crippen LogP contribution is -2.36. The SMILES string of the molecule is O=C(CN1CCC[C@@H]1c1ccc2c(c1)OCCO2)NCc1ccc2c(c1)OCO2. The van der Waals surface area contributed by atoms with Gasteiger partial charge in [-0.05, 0) is 54.8 Å².